The summed E-state index contributed by atoms with van der Waals surface area (Å²) >= 11 is 2.27. The molecule has 30 heavy (non-hydrogen) atoms. The summed E-state index contributed by atoms with van der Waals surface area (Å²) in [5, 5.41) is 22.6. The first-order valence-electron chi connectivity index (χ1n) is 8.14. The number of thiazole rings is 1. The molecule has 3 heterocycles. The van der Waals surface area contributed by atoms with Crippen LogP contribution >= 0.6 is 23.1 Å². The zero-order valence-corrected chi connectivity index (χ0v) is 16.6. The molecular formula is C14H15N9O5S2. The zero-order valence-electron chi connectivity index (χ0n) is 15.0. The van der Waals surface area contributed by atoms with Gasteiger partial charge in [-0.05, 0) is 5.18 Å². The number of aromatic nitrogens is 1. The number of carbonyl (C=O) groups is 3. The van der Waals surface area contributed by atoms with Crippen LogP contribution in [0.5, 0.6) is 0 Å². The summed E-state index contributed by atoms with van der Waals surface area (Å²) in [7, 11) is 0. The SMILES string of the molecule is NN=CNN=CC1=C(C(=O)O)N2C(=O)C(NC(=O)C(N=O)c3csc(N)n3)[C@@H]2SC1. The zero-order chi connectivity index (χ0) is 21.8. The van der Waals surface area contributed by atoms with Gasteiger partial charge in [0, 0.05) is 16.7 Å². The molecule has 3 atom stereocenters. The molecule has 0 radical (unpaired) electrons. The first kappa shape index (κ1) is 21.2. The number of nitrogens with one attached hydrogen (secondary N) is 2. The maximum absolute atomic E-state index is 12.6. The largest absolute Gasteiger partial charge is 0.477 e. The molecule has 0 saturated carbocycles. The fourth-order valence-electron chi connectivity index (χ4n) is 2.82. The summed E-state index contributed by atoms with van der Waals surface area (Å²) in [4.78, 5) is 52.8. The Labute approximate surface area is 176 Å². The monoisotopic (exact) mass is 453 g/mol. The highest BCUT2D eigenvalue weighted by atomic mass is 32.2. The minimum atomic E-state index is -1.47. The molecule has 0 bridgehead atoms. The van der Waals surface area contributed by atoms with Crippen molar-refractivity contribution in [3.8, 4) is 0 Å². The van der Waals surface area contributed by atoms with Gasteiger partial charge in [-0.1, -0.05) is 0 Å². The second-order valence-electron chi connectivity index (χ2n) is 5.86. The van der Waals surface area contributed by atoms with Gasteiger partial charge in [-0.3, -0.25) is 19.9 Å². The maximum Gasteiger partial charge on any atom is 0.353 e. The number of carboxylic acid groups (broad SMARTS) is 1. The summed E-state index contributed by atoms with van der Waals surface area (Å²) < 4.78 is 0. The number of anilines is 1. The molecule has 1 aromatic rings. The molecule has 14 nitrogen and oxygen atoms in total. The van der Waals surface area contributed by atoms with Gasteiger partial charge in [0.2, 0.25) is 6.04 Å². The molecule has 1 fully saturated rings. The van der Waals surface area contributed by atoms with Crippen LogP contribution in [0, 0.1) is 4.91 Å². The normalized spacial score (nSPS) is 22.0. The van der Waals surface area contributed by atoms with Crippen LogP contribution in [-0.2, 0) is 14.4 Å². The van der Waals surface area contributed by atoms with Crippen LogP contribution in [0.3, 0.4) is 0 Å². The Morgan fingerprint density at radius 1 is 1.47 bits per heavy atom. The third-order valence-electron chi connectivity index (χ3n) is 4.10. The minimum Gasteiger partial charge on any atom is -0.477 e. The molecule has 0 spiro atoms. The lowest BCUT2D eigenvalue weighted by molar-refractivity contribution is -0.150. The van der Waals surface area contributed by atoms with E-state index in [2.05, 4.69) is 31.1 Å². The van der Waals surface area contributed by atoms with Crippen LogP contribution in [0.25, 0.3) is 0 Å². The van der Waals surface area contributed by atoms with Crippen molar-refractivity contribution in [3.05, 3.63) is 27.3 Å². The predicted molar refractivity (Wildman–Crippen MR) is 109 cm³/mol. The summed E-state index contributed by atoms with van der Waals surface area (Å²) in [6.45, 7) is 0. The van der Waals surface area contributed by atoms with E-state index in [-0.39, 0.29) is 27.8 Å². The Morgan fingerprint density at radius 2 is 2.23 bits per heavy atom. The number of rotatable bonds is 8. The lowest BCUT2D eigenvalue weighted by Gasteiger charge is -2.49. The average Bonchev–Trinajstić information content (AvgIpc) is 3.15. The average molecular weight is 453 g/mol. The maximum atomic E-state index is 12.6. The van der Waals surface area contributed by atoms with Gasteiger partial charge in [0.05, 0.1) is 11.9 Å². The number of carbonyl (C=O) groups excluding carboxylic acids is 2. The summed E-state index contributed by atoms with van der Waals surface area (Å²) in [6, 6.07) is -2.49. The van der Waals surface area contributed by atoms with Gasteiger partial charge < -0.3 is 22.0 Å². The summed E-state index contributed by atoms with van der Waals surface area (Å²) in [6.07, 6.45) is 2.33. The summed E-state index contributed by atoms with van der Waals surface area (Å²) in [5.74, 6) is 2.34. The van der Waals surface area contributed by atoms with Crippen molar-refractivity contribution in [3.63, 3.8) is 0 Å². The number of hydrogen-bond acceptors (Lipinski definition) is 12. The molecule has 158 valence electrons. The second-order valence-corrected chi connectivity index (χ2v) is 7.85. The standard InChI is InChI=1S/C14H15N9O5S2/c15-14-20-6(3-30-14)7(22-28)10(24)21-8-11(25)23-9(13(26)27)5(2-29-12(8)23)1-18-19-4-17-16/h1,3-4,7-8,12H,2,16H2,(H2,15,20)(H,17,19)(H,21,24)(H,26,27)/t7?,8?,12-/m0/s1. The van der Waals surface area contributed by atoms with E-state index in [0.29, 0.717) is 0 Å². The van der Waals surface area contributed by atoms with Crippen molar-refractivity contribution in [1.82, 2.24) is 20.6 Å². The number of nitroso groups, excluding NO2 is 1. The number of thioether (sulfide) groups is 1. The van der Waals surface area contributed by atoms with Crippen molar-refractivity contribution in [2.24, 2.45) is 21.2 Å². The molecule has 2 amide bonds. The number of carboxylic acids is 1. The van der Waals surface area contributed by atoms with Gasteiger partial charge >= 0.3 is 5.97 Å². The van der Waals surface area contributed by atoms with Crippen molar-refractivity contribution in [2.45, 2.75) is 17.5 Å². The second kappa shape index (κ2) is 8.87. The van der Waals surface area contributed by atoms with Crippen LogP contribution in [0.1, 0.15) is 11.7 Å². The first-order valence-corrected chi connectivity index (χ1v) is 10.1. The molecule has 1 saturated heterocycles. The number of aliphatic carboxylic acids is 1. The van der Waals surface area contributed by atoms with Gasteiger partial charge in [0.25, 0.3) is 11.8 Å². The number of fused-ring (bicyclic) bond motifs is 1. The molecule has 3 rings (SSSR count). The van der Waals surface area contributed by atoms with E-state index in [9.17, 15) is 24.4 Å². The van der Waals surface area contributed by atoms with Gasteiger partial charge in [0.15, 0.2) is 5.13 Å². The third kappa shape index (κ3) is 3.94. The highest BCUT2D eigenvalue weighted by Gasteiger charge is 2.54. The number of nitrogens with zero attached hydrogens (tertiary/aromatic N) is 5. The fourth-order valence-corrected chi connectivity index (χ4v) is 4.70. The summed E-state index contributed by atoms with van der Waals surface area (Å²) in [5.41, 5.74) is 7.98. The van der Waals surface area contributed by atoms with Crippen molar-refractivity contribution in [1.29, 1.82) is 0 Å². The number of amides is 2. The van der Waals surface area contributed by atoms with E-state index < -0.39 is 35.2 Å². The van der Waals surface area contributed by atoms with E-state index in [4.69, 9.17) is 11.6 Å². The Kier molecular flexibility index (Phi) is 6.26. The van der Waals surface area contributed by atoms with Crippen LogP contribution in [0.15, 0.2) is 32.0 Å². The van der Waals surface area contributed by atoms with E-state index in [1.165, 1.54) is 23.4 Å². The van der Waals surface area contributed by atoms with Crippen molar-refractivity contribution in [2.75, 3.05) is 11.5 Å². The van der Waals surface area contributed by atoms with Gasteiger partial charge in [-0.15, -0.1) is 28.0 Å². The highest BCUT2D eigenvalue weighted by Crippen LogP contribution is 2.40. The Balaban J connectivity index is 1.75. The number of nitrogen functional groups attached to an aromatic ring is 1. The number of nitrogens with two attached hydrogens (primary N) is 2. The van der Waals surface area contributed by atoms with Gasteiger partial charge in [0.1, 0.15) is 23.5 Å². The molecule has 7 N–H and O–H groups in total. The molecule has 2 aliphatic rings. The molecule has 16 heteroatoms. The topological polar surface area (TPSA) is 218 Å². The molecule has 0 aromatic carbocycles. The number of hydrazone groups is 2. The van der Waals surface area contributed by atoms with E-state index >= 15 is 0 Å². The first-order chi connectivity index (χ1) is 14.4. The van der Waals surface area contributed by atoms with E-state index in [1.807, 2.05) is 0 Å². The van der Waals surface area contributed by atoms with Crippen molar-refractivity contribution < 1.29 is 19.5 Å². The Morgan fingerprint density at radius 3 is 2.83 bits per heavy atom. The smallest absolute Gasteiger partial charge is 0.353 e. The van der Waals surface area contributed by atoms with Crippen LogP contribution in [-0.4, -0.2) is 62.5 Å². The Bertz CT molecular complexity index is 975. The lowest BCUT2D eigenvalue weighted by atomic mass is 10.0. The molecule has 2 aliphatic heterocycles. The predicted octanol–water partition coefficient (Wildman–Crippen LogP) is -1.25. The quantitative estimate of drug-likeness (QED) is 0.0786. The Hall–Kier alpha value is -3.53. The lowest BCUT2D eigenvalue weighted by Crippen LogP contribution is -2.70. The molecule has 0 aliphatic carbocycles. The van der Waals surface area contributed by atoms with E-state index in [0.717, 1.165) is 22.6 Å². The van der Waals surface area contributed by atoms with Gasteiger partial charge in [-0.2, -0.15) is 10.2 Å². The molecular weight excluding hydrogens is 438 g/mol. The number of β-lactam (4-membered cyclic amide) rings is 1. The molecule has 1 aromatic heterocycles. The van der Waals surface area contributed by atoms with Crippen molar-refractivity contribution >= 4 is 58.6 Å². The van der Waals surface area contributed by atoms with Crippen LogP contribution in [0.2, 0.25) is 0 Å². The highest BCUT2D eigenvalue weighted by molar-refractivity contribution is 8.00. The molecule has 2 unspecified atom stereocenters. The van der Waals surface area contributed by atoms with E-state index in [1.54, 1.807) is 0 Å². The number of hydrogen-bond donors (Lipinski definition) is 5. The van der Waals surface area contributed by atoms with Gasteiger partial charge in [-0.25, -0.2) is 9.78 Å². The van der Waals surface area contributed by atoms with Crippen LogP contribution in [0.4, 0.5) is 5.13 Å². The third-order valence-corrected chi connectivity index (χ3v) is 6.09. The minimum absolute atomic E-state index is 0.0723. The van der Waals surface area contributed by atoms with Crippen LogP contribution < -0.4 is 22.3 Å². The fraction of sp³-hybridized carbons (Fsp3) is 0.286.